The number of aryl methyl sites for hydroxylation is 2. The van der Waals surface area contributed by atoms with Gasteiger partial charge >= 0.3 is 0 Å². The van der Waals surface area contributed by atoms with Crippen LogP contribution in [0.2, 0.25) is 0 Å². The van der Waals surface area contributed by atoms with Crippen LogP contribution in [-0.4, -0.2) is 40.9 Å². The van der Waals surface area contributed by atoms with Crippen LogP contribution >= 0.6 is 0 Å². The van der Waals surface area contributed by atoms with Crippen LogP contribution in [0.4, 0.5) is 0 Å². The van der Waals surface area contributed by atoms with Crippen LogP contribution < -0.4 is 0 Å². The fourth-order valence-electron chi connectivity index (χ4n) is 2.16. The molecule has 2 aromatic carbocycles. The van der Waals surface area contributed by atoms with Crippen LogP contribution in [0.5, 0.6) is 0 Å². The van der Waals surface area contributed by atoms with Crippen molar-refractivity contribution >= 4 is 41.4 Å². The van der Waals surface area contributed by atoms with Crippen LogP contribution in [-0.2, 0) is 41.4 Å². The molecule has 0 aliphatic heterocycles. The summed E-state index contributed by atoms with van der Waals surface area (Å²) < 4.78 is 57.4. The third-order valence-electron chi connectivity index (χ3n) is 3.76. The number of sulfonamides is 2. The molecule has 2 aromatic rings. The second kappa shape index (κ2) is 9.43. The Morgan fingerprint density at radius 3 is 1.21 bits per heavy atom. The summed E-state index contributed by atoms with van der Waals surface area (Å²) in [7, 11) is -8.93. The minimum Gasteiger partial charge on any atom is -0.199 e. The number of hydrogen-bond acceptors (Lipinski definition) is 4. The van der Waals surface area contributed by atoms with Gasteiger partial charge in [0, 0.05) is 11.5 Å². The molecule has 0 spiro atoms. The second-order valence-electron chi connectivity index (χ2n) is 6.33. The van der Waals surface area contributed by atoms with Crippen molar-refractivity contribution in [3.63, 3.8) is 0 Å². The van der Waals surface area contributed by atoms with Crippen LogP contribution in [0.1, 0.15) is 11.1 Å². The van der Waals surface area contributed by atoms with Gasteiger partial charge in [-0.1, -0.05) is 56.8 Å². The first-order valence-electron chi connectivity index (χ1n) is 8.34. The molecule has 2 atom stereocenters. The Morgan fingerprint density at radius 1 is 0.643 bits per heavy atom. The van der Waals surface area contributed by atoms with E-state index in [0.717, 1.165) is 11.1 Å². The summed E-state index contributed by atoms with van der Waals surface area (Å²) in [5.74, 6) is 0.912. The molecular formula is C18H24N2O4S4. The summed E-state index contributed by atoms with van der Waals surface area (Å²) >= 11 is 0. The van der Waals surface area contributed by atoms with E-state index in [9.17, 15) is 16.8 Å². The molecule has 0 fully saturated rings. The summed E-state index contributed by atoms with van der Waals surface area (Å²) in [6.45, 7) is 3.77. The zero-order chi connectivity index (χ0) is 20.9. The predicted octanol–water partition coefficient (Wildman–Crippen LogP) is 3.24. The van der Waals surface area contributed by atoms with Gasteiger partial charge in [0.1, 0.15) is 0 Å². The van der Waals surface area contributed by atoms with Gasteiger partial charge in [0.15, 0.2) is 0 Å². The minimum absolute atomic E-state index is 0.166. The molecule has 6 nitrogen and oxygen atoms in total. The highest BCUT2D eigenvalue weighted by molar-refractivity contribution is 8.01. The molecule has 0 aliphatic carbocycles. The first kappa shape index (κ1) is 22.9. The maximum Gasteiger partial charge on any atom is 0.287 e. The monoisotopic (exact) mass is 460 g/mol. The van der Waals surface area contributed by atoms with Gasteiger partial charge in [-0.25, -0.2) is 0 Å². The molecule has 0 aliphatic rings. The van der Waals surface area contributed by atoms with Crippen molar-refractivity contribution in [1.82, 2.24) is 0 Å². The van der Waals surface area contributed by atoms with Crippen LogP contribution in [0, 0.1) is 13.8 Å². The first-order chi connectivity index (χ1) is 13.0. The molecule has 0 aromatic heterocycles. The number of rotatable bonds is 7. The van der Waals surface area contributed by atoms with Gasteiger partial charge < -0.3 is 0 Å². The molecule has 0 saturated heterocycles. The fraction of sp³-hybridized carbons (Fsp3) is 0.333. The smallest absolute Gasteiger partial charge is 0.199 e. The van der Waals surface area contributed by atoms with E-state index in [1.54, 1.807) is 61.0 Å². The standard InChI is InChI=1S/C18H24N2O4S4/c1-15-5-9-17(10-6-15)27(21,22)19-25(3)13-14-26(4)20-28(23,24)18-11-7-16(2)8-12-18/h5-12H,13-14H2,1-4H3/t25-,26-/m0/s1. The molecular weight excluding hydrogens is 436 g/mol. The Morgan fingerprint density at radius 2 is 0.929 bits per heavy atom. The van der Waals surface area contributed by atoms with Crippen LogP contribution in [0.25, 0.3) is 0 Å². The predicted molar refractivity (Wildman–Crippen MR) is 118 cm³/mol. The Hall–Kier alpha value is -1.36. The number of nitrogens with zero attached hydrogens (tertiary/aromatic N) is 2. The lowest BCUT2D eigenvalue weighted by Gasteiger charge is -2.06. The second-order valence-corrected chi connectivity index (χ2v) is 13.6. The molecule has 0 unspecified atom stereocenters. The van der Waals surface area contributed by atoms with E-state index >= 15 is 0 Å². The van der Waals surface area contributed by atoms with E-state index in [-0.39, 0.29) is 9.79 Å². The molecule has 0 heterocycles. The molecule has 0 N–H and O–H groups in total. The van der Waals surface area contributed by atoms with Crippen molar-refractivity contribution in [3.05, 3.63) is 59.7 Å². The van der Waals surface area contributed by atoms with E-state index in [2.05, 4.69) is 7.54 Å². The highest BCUT2D eigenvalue weighted by atomic mass is 32.3. The van der Waals surface area contributed by atoms with Gasteiger partial charge in [-0.2, -0.15) is 16.8 Å². The minimum atomic E-state index is -3.71. The van der Waals surface area contributed by atoms with Gasteiger partial charge in [-0.15, -0.1) is 7.54 Å². The highest BCUT2D eigenvalue weighted by Crippen LogP contribution is 2.15. The van der Waals surface area contributed by atoms with Crippen molar-refractivity contribution in [3.8, 4) is 0 Å². The van der Waals surface area contributed by atoms with Crippen molar-refractivity contribution in [2.24, 2.45) is 7.54 Å². The van der Waals surface area contributed by atoms with E-state index in [0.29, 0.717) is 11.5 Å². The third kappa shape index (κ3) is 6.61. The Bertz CT molecular complexity index is 1010. The van der Waals surface area contributed by atoms with E-state index < -0.39 is 41.4 Å². The lowest BCUT2D eigenvalue weighted by atomic mass is 10.2. The molecule has 154 valence electrons. The largest absolute Gasteiger partial charge is 0.287 e. The summed E-state index contributed by atoms with van der Waals surface area (Å²) in [6, 6.07) is 13.1. The van der Waals surface area contributed by atoms with E-state index in [4.69, 9.17) is 0 Å². The Labute approximate surface area is 172 Å². The Kier molecular flexibility index (Phi) is 7.72. The average Bonchev–Trinajstić information content (AvgIpc) is 2.60. The summed E-state index contributed by atoms with van der Waals surface area (Å²) in [5.41, 5.74) is 1.95. The van der Waals surface area contributed by atoms with Crippen LogP contribution in [0.15, 0.2) is 65.9 Å². The van der Waals surface area contributed by atoms with Crippen molar-refractivity contribution in [2.75, 3.05) is 24.0 Å². The van der Waals surface area contributed by atoms with E-state index in [1.807, 2.05) is 13.8 Å². The lowest BCUT2D eigenvalue weighted by Crippen LogP contribution is -2.09. The molecule has 0 amide bonds. The summed E-state index contributed by atoms with van der Waals surface area (Å²) in [6.07, 6.45) is 3.47. The highest BCUT2D eigenvalue weighted by Gasteiger charge is 2.14. The summed E-state index contributed by atoms with van der Waals surface area (Å²) in [5, 5.41) is 0. The first-order valence-corrected chi connectivity index (χ1v) is 14.7. The summed E-state index contributed by atoms with van der Waals surface area (Å²) in [4.78, 5) is 0.333. The normalized spacial score (nSPS) is 14.9. The maximum absolute atomic E-state index is 12.4. The SMILES string of the molecule is Cc1ccc(S(=O)(=O)N=[S@@](C)CC[S@](C)=NS(=O)(=O)c2ccc(C)cc2)cc1. The van der Waals surface area contributed by atoms with Gasteiger partial charge in [0.2, 0.25) is 0 Å². The molecule has 0 radical (unpaired) electrons. The number of benzene rings is 2. The molecule has 28 heavy (non-hydrogen) atoms. The van der Waals surface area contributed by atoms with Gasteiger partial charge in [-0.05, 0) is 50.6 Å². The van der Waals surface area contributed by atoms with Gasteiger partial charge in [-0.3, -0.25) is 0 Å². The molecule has 10 heteroatoms. The van der Waals surface area contributed by atoms with Gasteiger partial charge in [0.25, 0.3) is 20.0 Å². The van der Waals surface area contributed by atoms with Crippen molar-refractivity contribution < 1.29 is 16.8 Å². The molecule has 2 rings (SSSR count). The third-order valence-corrected chi connectivity index (χ3v) is 11.0. The maximum atomic E-state index is 12.4. The Balaban J connectivity index is 2.09. The van der Waals surface area contributed by atoms with E-state index in [1.165, 1.54) is 0 Å². The lowest BCUT2D eigenvalue weighted by molar-refractivity contribution is 0.596. The fourth-order valence-corrected chi connectivity index (χ4v) is 9.01. The quantitative estimate of drug-likeness (QED) is 0.634. The zero-order valence-electron chi connectivity index (χ0n) is 16.2. The number of hydrogen-bond donors (Lipinski definition) is 0. The zero-order valence-corrected chi connectivity index (χ0v) is 19.5. The van der Waals surface area contributed by atoms with Gasteiger partial charge in [0.05, 0.1) is 9.79 Å². The van der Waals surface area contributed by atoms with Crippen LogP contribution in [0.3, 0.4) is 0 Å². The average molecular weight is 461 g/mol. The molecule has 0 saturated carbocycles. The van der Waals surface area contributed by atoms with Crippen molar-refractivity contribution in [1.29, 1.82) is 0 Å². The van der Waals surface area contributed by atoms with Crippen molar-refractivity contribution in [2.45, 2.75) is 23.6 Å². The topological polar surface area (TPSA) is 93.0 Å². The molecule has 0 bridgehead atoms.